The second-order valence-electron chi connectivity index (χ2n) is 8.62. The van der Waals surface area contributed by atoms with Gasteiger partial charge in [-0.1, -0.05) is 27.7 Å². The number of urea groups is 1. The van der Waals surface area contributed by atoms with Crippen LogP contribution in [-0.4, -0.2) is 43.5 Å². The summed E-state index contributed by atoms with van der Waals surface area (Å²) in [7, 11) is 3.99. The number of carbonyl (C=O) groups is 2. The highest BCUT2D eigenvalue weighted by Gasteiger charge is 2.23. The first-order valence-corrected chi connectivity index (χ1v) is 10.7. The third-order valence-electron chi connectivity index (χ3n) is 4.83. The van der Waals surface area contributed by atoms with Gasteiger partial charge in [-0.3, -0.25) is 4.79 Å². The van der Waals surface area contributed by atoms with Gasteiger partial charge in [-0.05, 0) is 56.4 Å². The van der Waals surface area contributed by atoms with Crippen LogP contribution in [0.3, 0.4) is 0 Å². The van der Waals surface area contributed by atoms with Crippen molar-refractivity contribution in [2.75, 3.05) is 30.9 Å². The largest absolute Gasteiger partial charge is 0.377 e. The molecule has 0 fully saturated rings. The third-order valence-corrected chi connectivity index (χ3v) is 4.83. The predicted octanol–water partition coefficient (Wildman–Crippen LogP) is 4.70. The number of nitrogens with zero attached hydrogens (tertiary/aromatic N) is 2. The van der Waals surface area contributed by atoms with Crippen LogP contribution < -0.4 is 15.5 Å². The molecule has 0 heterocycles. The van der Waals surface area contributed by atoms with Gasteiger partial charge >= 0.3 is 6.03 Å². The van der Waals surface area contributed by atoms with Crippen molar-refractivity contribution in [2.45, 2.75) is 67.0 Å². The fourth-order valence-corrected chi connectivity index (χ4v) is 3.43. The van der Waals surface area contributed by atoms with Gasteiger partial charge in [0.15, 0.2) is 0 Å². The van der Waals surface area contributed by atoms with Gasteiger partial charge in [-0.15, -0.1) is 0 Å². The van der Waals surface area contributed by atoms with Crippen molar-refractivity contribution >= 4 is 23.3 Å². The van der Waals surface area contributed by atoms with E-state index in [1.807, 2.05) is 55.9 Å². The molecule has 0 aromatic heterocycles. The molecule has 1 aromatic carbocycles. The van der Waals surface area contributed by atoms with E-state index in [-0.39, 0.29) is 23.9 Å². The minimum Gasteiger partial charge on any atom is -0.377 e. The van der Waals surface area contributed by atoms with Crippen molar-refractivity contribution in [3.63, 3.8) is 0 Å². The first-order valence-electron chi connectivity index (χ1n) is 10.7. The highest BCUT2D eigenvalue weighted by molar-refractivity contribution is 5.90. The van der Waals surface area contributed by atoms with E-state index >= 15 is 0 Å². The van der Waals surface area contributed by atoms with Crippen molar-refractivity contribution < 1.29 is 9.59 Å². The summed E-state index contributed by atoms with van der Waals surface area (Å²) in [6.45, 7) is 13.5. The van der Waals surface area contributed by atoms with Crippen LogP contribution in [-0.2, 0) is 11.3 Å². The van der Waals surface area contributed by atoms with Gasteiger partial charge in [-0.2, -0.15) is 0 Å². The van der Waals surface area contributed by atoms with Crippen LogP contribution in [0.25, 0.3) is 0 Å². The molecule has 0 saturated carbocycles. The average Bonchev–Trinajstić information content (AvgIpc) is 2.60. The molecule has 2 N–H and O–H groups in total. The van der Waals surface area contributed by atoms with Gasteiger partial charge in [0, 0.05) is 50.5 Å². The molecule has 0 unspecified atom stereocenters. The molecule has 3 amide bonds. The van der Waals surface area contributed by atoms with Crippen LogP contribution in [0.2, 0.25) is 0 Å². The Bertz CT molecular complexity index is 667. The van der Waals surface area contributed by atoms with E-state index in [0.717, 1.165) is 29.8 Å². The summed E-state index contributed by atoms with van der Waals surface area (Å²) in [5, 5.41) is 5.73. The second-order valence-corrected chi connectivity index (χ2v) is 8.62. The fraction of sp³-hybridized carbons (Fsp3) is 0.652. The van der Waals surface area contributed by atoms with E-state index in [1.165, 1.54) is 0 Å². The normalized spacial score (nSPS) is 11.1. The Morgan fingerprint density at radius 1 is 1.03 bits per heavy atom. The summed E-state index contributed by atoms with van der Waals surface area (Å²) in [4.78, 5) is 29.3. The Hall–Kier alpha value is -2.24. The van der Waals surface area contributed by atoms with Gasteiger partial charge in [0.1, 0.15) is 0 Å². The van der Waals surface area contributed by atoms with Crippen molar-refractivity contribution in [1.82, 2.24) is 10.2 Å². The van der Waals surface area contributed by atoms with Crippen LogP contribution in [0.15, 0.2) is 18.2 Å². The number of amides is 3. The maximum absolute atomic E-state index is 13.1. The molecule has 0 saturated heterocycles. The van der Waals surface area contributed by atoms with Crippen molar-refractivity contribution in [1.29, 1.82) is 0 Å². The van der Waals surface area contributed by atoms with E-state index in [1.54, 1.807) is 0 Å². The van der Waals surface area contributed by atoms with Gasteiger partial charge in [0.2, 0.25) is 5.91 Å². The number of benzene rings is 1. The van der Waals surface area contributed by atoms with Gasteiger partial charge in [0.25, 0.3) is 0 Å². The molecular weight excluding hydrogens is 364 g/mol. The molecule has 0 radical (unpaired) electrons. The quantitative estimate of drug-likeness (QED) is 0.594. The fourth-order valence-electron chi connectivity index (χ4n) is 3.43. The molecule has 6 nitrogen and oxygen atoms in total. The Labute approximate surface area is 177 Å². The number of hydrogen-bond acceptors (Lipinski definition) is 3. The minimum atomic E-state index is -0.226. The van der Waals surface area contributed by atoms with Crippen molar-refractivity contribution in [3.8, 4) is 0 Å². The summed E-state index contributed by atoms with van der Waals surface area (Å²) in [6, 6.07) is 5.71. The monoisotopic (exact) mass is 404 g/mol. The minimum absolute atomic E-state index is 0.0506. The van der Waals surface area contributed by atoms with Crippen LogP contribution in [0.4, 0.5) is 16.2 Å². The van der Waals surface area contributed by atoms with E-state index in [9.17, 15) is 9.59 Å². The number of anilines is 2. The summed E-state index contributed by atoms with van der Waals surface area (Å²) in [5.74, 6) is 0.647. The lowest BCUT2D eigenvalue weighted by atomic mass is 10.00. The molecule has 0 aliphatic rings. The van der Waals surface area contributed by atoms with Crippen LogP contribution in [0.1, 0.15) is 59.9 Å². The van der Waals surface area contributed by atoms with Crippen LogP contribution in [0, 0.1) is 11.8 Å². The van der Waals surface area contributed by atoms with Crippen LogP contribution in [0.5, 0.6) is 0 Å². The lowest BCUT2D eigenvalue weighted by molar-refractivity contribution is -0.137. The Balaban J connectivity index is 3.19. The predicted molar refractivity (Wildman–Crippen MR) is 122 cm³/mol. The van der Waals surface area contributed by atoms with Gasteiger partial charge in [0.05, 0.1) is 0 Å². The Morgan fingerprint density at radius 2 is 1.66 bits per heavy atom. The first-order chi connectivity index (χ1) is 13.6. The topological polar surface area (TPSA) is 64.7 Å². The molecule has 29 heavy (non-hydrogen) atoms. The number of nitrogens with one attached hydrogen (secondary N) is 2. The Kier molecular flexibility index (Phi) is 9.99. The summed E-state index contributed by atoms with van der Waals surface area (Å²) < 4.78 is 0. The molecule has 0 aliphatic carbocycles. The zero-order valence-electron chi connectivity index (χ0n) is 19.5. The lowest BCUT2D eigenvalue weighted by Gasteiger charge is -2.30. The van der Waals surface area contributed by atoms with Crippen LogP contribution >= 0.6 is 0 Å². The smallest absolute Gasteiger partial charge is 0.319 e. The molecule has 0 bridgehead atoms. The molecular formula is C23H40N4O2. The second kappa shape index (κ2) is 11.7. The summed E-state index contributed by atoms with van der Waals surface area (Å²) in [5.41, 5.74) is 2.80. The summed E-state index contributed by atoms with van der Waals surface area (Å²) >= 11 is 0. The van der Waals surface area contributed by atoms with E-state index < -0.39 is 0 Å². The number of carbonyl (C=O) groups excluding carboxylic acids is 2. The molecule has 0 spiro atoms. The third kappa shape index (κ3) is 7.95. The highest BCUT2D eigenvalue weighted by atomic mass is 16.2. The van der Waals surface area contributed by atoms with E-state index in [4.69, 9.17) is 0 Å². The molecule has 164 valence electrons. The standard InChI is InChI=1S/C23H40N4O2/c1-9-18(10-2)22(28)27(14-16(3)4)15-19-13-20(11-12-21(19)26(7)8)25-23(29)24-17(5)6/h11-13,16-18H,9-10,14-15H2,1-8H3,(H2,24,25,29). The highest BCUT2D eigenvalue weighted by Crippen LogP contribution is 2.26. The van der Waals surface area contributed by atoms with Crippen molar-refractivity contribution in [2.24, 2.45) is 11.8 Å². The SMILES string of the molecule is CCC(CC)C(=O)N(Cc1cc(NC(=O)NC(C)C)ccc1N(C)C)CC(C)C. The molecule has 6 heteroatoms. The zero-order valence-corrected chi connectivity index (χ0v) is 19.5. The summed E-state index contributed by atoms with van der Waals surface area (Å²) in [6.07, 6.45) is 1.70. The van der Waals surface area contributed by atoms with E-state index in [2.05, 4.69) is 38.3 Å². The molecule has 1 aromatic rings. The maximum Gasteiger partial charge on any atom is 0.319 e. The van der Waals surface area contributed by atoms with Gasteiger partial charge in [-0.25, -0.2) is 4.79 Å². The van der Waals surface area contributed by atoms with Gasteiger partial charge < -0.3 is 20.4 Å². The maximum atomic E-state index is 13.1. The molecule has 1 rings (SSSR count). The number of rotatable bonds is 10. The zero-order chi connectivity index (χ0) is 22.1. The first kappa shape index (κ1) is 24.8. The molecule has 0 aliphatic heterocycles. The van der Waals surface area contributed by atoms with E-state index in [0.29, 0.717) is 19.0 Å². The Morgan fingerprint density at radius 3 is 2.14 bits per heavy atom. The average molecular weight is 405 g/mol. The number of hydrogen-bond donors (Lipinski definition) is 2. The molecule has 0 atom stereocenters. The van der Waals surface area contributed by atoms with Crippen molar-refractivity contribution in [3.05, 3.63) is 23.8 Å². The lowest BCUT2D eigenvalue weighted by Crippen LogP contribution is -2.38.